The number of nitrogens with zero attached hydrogens (tertiary/aromatic N) is 2. The highest BCUT2D eigenvalue weighted by Crippen LogP contribution is 2.33. The van der Waals surface area contributed by atoms with E-state index in [-0.39, 0.29) is 16.3 Å². The van der Waals surface area contributed by atoms with Gasteiger partial charge in [0.15, 0.2) is 10.3 Å². The Morgan fingerprint density at radius 3 is 2.55 bits per heavy atom. The lowest BCUT2D eigenvalue weighted by Gasteiger charge is -2.10. The van der Waals surface area contributed by atoms with Crippen LogP contribution in [0.2, 0.25) is 0 Å². The molecule has 1 fully saturated rings. The summed E-state index contributed by atoms with van der Waals surface area (Å²) < 4.78 is 0. The van der Waals surface area contributed by atoms with Gasteiger partial charge in [0.05, 0.1) is 5.25 Å². The molecule has 0 bridgehead atoms. The van der Waals surface area contributed by atoms with Crippen molar-refractivity contribution < 1.29 is 4.79 Å². The molecule has 3 rings (SSSR count). The van der Waals surface area contributed by atoms with Crippen LogP contribution in [0.5, 0.6) is 0 Å². The first kappa shape index (κ1) is 15.2. The average Bonchev–Trinajstić information content (AvgIpc) is 3.05. The fourth-order valence-electron chi connectivity index (χ4n) is 2.31. The first-order chi connectivity index (χ1) is 10.6. The number of thioether (sulfide) groups is 1. The normalized spacial score (nSPS) is 18.3. The number of carbonyl (C=O) groups is 1. The van der Waals surface area contributed by atoms with Crippen molar-refractivity contribution in [3.05, 3.63) is 46.5 Å². The summed E-state index contributed by atoms with van der Waals surface area (Å²) in [6.07, 6.45) is 3.65. The zero-order valence-electron chi connectivity index (χ0n) is 12.5. The number of aryl methyl sites for hydroxylation is 1. The number of rotatable bonds is 4. The van der Waals surface area contributed by atoms with Crippen LogP contribution in [0.1, 0.15) is 29.9 Å². The maximum absolute atomic E-state index is 12.1. The molecule has 1 N–H and O–H groups in total. The van der Waals surface area contributed by atoms with Crippen LogP contribution < -0.4 is 4.90 Å². The largest absolute Gasteiger partial charge is 0.278 e. The summed E-state index contributed by atoms with van der Waals surface area (Å²) in [4.78, 5) is 18.9. The van der Waals surface area contributed by atoms with Gasteiger partial charge in [-0.2, -0.15) is 0 Å². The number of carbonyl (C=O) groups excluding carboxylic acids is 1. The van der Waals surface area contributed by atoms with Crippen molar-refractivity contribution >= 4 is 39.3 Å². The van der Waals surface area contributed by atoms with Gasteiger partial charge in [-0.15, -0.1) is 11.3 Å². The lowest BCUT2D eigenvalue weighted by Crippen LogP contribution is -2.30. The predicted octanol–water partition coefficient (Wildman–Crippen LogP) is 3.70. The molecule has 2 aromatic rings. The van der Waals surface area contributed by atoms with Gasteiger partial charge in [-0.3, -0.25) is 10.2 Å². The number of aromatic nitrogens is 1. The summed E-state index contributed by atoms with van der Waals surface area (Å²) in [5.41, 5.74) is 2.56. The minimum Gasteiger partial charge on any atom is -0.278 e. The van der Waals surface area contributed by atoms with E-state index in [2.05, 4.69) is 36.2 Å². The van der Waals surface area contributed by atoms with Gasteiger partial charge >= 0.3 is 0 Å². The van der Waals surface area contributed by atoms with Gasteiger partial charge in [0.25, 0.3) is 0 Å². The molecule has 114 valence electrons. The van der Waals surface area contributed by atoms with Gasteiger partial charge in [-0.25, -0.2) is 9.88 Å². The highest BCUT2D eigenvalue weighted by Gasteiger charge is 2.36. The summed E-state index contributed by atoms with van der Waals surface area (Å²) >= 11 is 2.76. The van der Waals surface area contributed by atoms with E-state index in [0.717, 1.165) is 17.7 Å². The number of nitrogens with one attached hydrogen (secondary N) is 1. The van der Waals surface area contributed by atoms with Crippen LogP contribution in [0, 0.1) is 5.41 Å². The molecule has 0 aliphatic carbocycles. The van der Waals surface area contributed by atoms with Crippen molar-refractivity contribution in [3.8, 4) is 0 Å². The third-order valence-corrected chi connectivity index (χ3v) is 5.55. The molecule has 6 heteroatoms. The highest BCUT2D eigenvalue weighted by molar-refractivity contribution is 8.16. The maximum Gasteiger partial charge on any atom is 0.248 e. The van der Waals surface area contributed by atoms with E-state index >= 15 is 0 Å². The van der Waals surface area contributed by atoms with Gasteiger partial charge in [0.2, 0.25) is 5.91 Å². The van der Waals surface area contributed by atoms with E-state index in [0.29, 0.717) is 5.13 Å². The van der Waals surface area contributed by atoms with E-state index in [4.69, 9.17) is 5.41 Å². The molecule has 1 aliphatic rings. The zero-order chi connectivity index (χ0) is 15.7. The second-order valence-corrected chi connectivity index (χ2v) is 7.62. The number of benzene rings is 1. The van der Waals surface area contributed by atoms with Crippen LogP contribution in [0.4, 0.5) is 5.13 Å². The zero-order valence-corrected chi connectivity index (χ0v) is 14.1. The van der Waals surface area contributed by atoms with E-state index in [1.165, 1.54) is 39.1 Å². The second kappa shape index (κ2) is 6.22. The van der Waals surface area contributed by atoms with E-state index in [1.54, 1.807) is 0 Å². The Balaban J connectivity index is 1.76. The van der Waals surface area contributed by atoms with E-state index in [1.807, 2.05) is 13.1 Å². The smallest absolute Gasteiger partial charge is 0.248 e. The van der Waals surface area contributed by atoms with Crippen LogP contribution in [-0.4, -0.2) is 21.3 Å². The maximum atomic E-state index is 12.1. The molecule has 1 amide bonds. The average molecular weight is 331 g/mol. The quantitative estimate of drug-likeness (QED) is 0.929. The lowest BCUT2D eigenvalue weighted by atomic mass is 10.1. The van der Waals surface area contributed by atoms with Crippen molar-refractivity contribution in [1.82, 2.24) is 4.98 Å². The standard InChI is InChI=1S/C16H17N3OS2/c1-3-11-4-6-12(7-5-11)8-13-9-18-16(22-13)19-14(20)10(2)21-15(19)17/h4-7,9-10,17H,3,8H2,1-2H3/t10-/m0/s1. The molecular formula is C16H17N3OS2. The third kappa shape index (κ3) is 2.94. The van der Waals surface area contributed by atoms with Gasteiger partial charge in [-0.1, -0.05) is 43.0 Å². The molecule has 2 heterocycles. The molecule has 0 unspecified atom stereocenters. The number of thiazole rings is 1. The fraction of sp³-hybridized carbons (Fsp3) is 0.312. The Hall–Kier alpha value is -1.66. The summed E-state index contributed by atoms with van der Waals surface area (Å²) in [5, 5.41) is 8.59. The molecule has 0 spiro atoms. The Labute approximate surface area is 138 Å². The minimum absolute atomic E-state index is 0.0526. The molecule has 1 aromatic carbocycles. The van der Waals surface area contributed by atoms with Gasteiger partial charge in [0.1, 0.15) is 0 Å². The van der Waals surface area contributed by atoms with Crippen LogP contribution in [0.3, 0.4) is 0 Å². The Morgan fingerprint density at radius 2 is 1.95 bits per heavy atom. The Bertz CT molecular complexity index is 708. The first-order valence-corrected chi connectivity index (χ1v) is 8.89. The molecule has 1 saturated heterocycles. The van der Waals surface area contributed by atoms with E-state index in [9.17, 15) is 4.79 Å². The number of anilines is 1. The number of hydrogen-bond acceptors (Lipinski definition) is 5. The summed E-state index contributed by atoms with van der Waals surface area (Å²) in [6.45, 7) is 3.97. The van der Waals surface area contributed by atoms with E-state index < -0.39 is 0 Å². The SMILES string of the molecule is CCc1ccc(Cc2cnc(N3C(=N)S[C@@H](C)C3=O)s2)cc1. The molecule has 0 saturated carbocycles. The van der Waals surface area contributed by atoms with Crippen molar-refractivity contribution in [1.29, 1.82) is 5.41 Å². The Morgan fingerprint density at radius 1 is 1.27 bits per heavy atom. The number of amidine groups is 1. The summed E-state index contributed by atoms with van der Waals surface area (Å²) in [7, 11) is 0. The van der Waals surface area contributed by atoms with Gasteiger partial charge in [0, 0.05) is 17.5 Å². The third-order valence-electron chi connectivity index (χ3n) is 3.60. The second-order valence-electron chi connectivity index (χ2n) is 5.19. The number of amides is 1. The molecule has 1 aliphatic heterocycles. The van der Waals surface area contributed by atoms with Crippen LogP contribution in [0.15, 0.2) is 30.5 Å². The summed E-state index contributed by atoms with van der Waals surface area (Å²) in [6, 6.07) is 8.57. The monoisotopic (exact) mass is 331 g/mol. The molecule has 0 radical (unpaired) electrons. The van der Waals surface area contributed by atoms with Crippen LogP contribution >= 0.6 is 23.1 Å². The summed E-state index contributed by atoms with van der Waals surface area (Å²) in [5.74, 6) is -0.0526. The molecule has 1 atom stereocenters. The molecule has 1 aromatic heterocycles. The van der Waals surface area contributed by atoms with Gasteiger partial charge < -0.3 is 0 Å². The molecule has 4 nitrogen and oxygen atoms in total. The molecular weight excluding hydrogens is 314 g/mol. The van der Waals surface area contributed by atoms with Crippen LogP contribution in [0.25, 0.3) is 0 Å². The number of hydrogen-bond donors (Lipinski definition) is 1. The topological polar surface area (TPSA) is 57.1 Å². The van der Waals surface area contributed by atoms with Crippen molar-refractivity contribution in [2.45, 2.75) is 31.9 Å². The lowest BCUT2D eigenvalue weighted by molar-refractivity contribution is -0.116. The Kier molecular flexibility index (Phi) is 4.31. The first-order valence-electron chi connectivity index (χ1n) is 7.20. The van der Waals surface area contributed by atoms with Crippen molar-refractivity contribution in [2.24, 2.45) is 0 Å². The van der Waals surface area contributed by atoms with Crippen LogP contribution in [-0.2, 0) is 17.6 Å². The predicted molar refractivity (Wildman–Crippen MR) is 93.0 cm³/mol. The fourth-order valence-corrected chi connectivity index (χ4v) is 4.15. The van der Waals surface area contributed by atoms with Crippen molar-refractivity contribution in [2.75, 3.05) is 4.90 Å². The highest BCUT2D eigenvalue weighted by atomic mass is 32.2. The molecule has 22 heavy (non-hydrogen) atoms. The van der Waals surface area contributed by atoms with Crippen molar-refractivity contribution in [3.63, 3.8) is 0 Å². The minimum atomic E-state index is -0.193. The van der Waals surface area contributed by atoms with Gasteiger partial charge in [-0.05, 0) is 24.5 Å².